The Morgan fingerprint density at radius 2 is 1.60 bits per heavy atom. The first-order valence-electron chi connectivity index (χ1n) is 8.77. The first kappa shape index (κ1) is 17.9. The second-order valence-electron chi connectivity index (χ2n) is 6.94. The molecule has 136 valence electrons. The van der Waals surface area contributed by atoms with Gasteiger partial charge < -0.3 is 10.2 Å². The molecule has 1 heterocycles. The average molecular weight is 364 g/mol. The van der Waals surface area contributed by atoms with Crippen LogP contribution in [0, 0.1) is 0 Å². The van der Waals surface area contributed by atoms with Gasteiger partial charge in [0, 0.05) is 31.3 Å². The molecule has 1 aromatic carbocycles. The van der Waals surface area contributed by atoms with E-state index in [9.17, 15) is 18.0 Å². The normalized spacial score (nSPS) is 19.3. The van der Waals surface area contributed by atoms with Crippen molar-refractivity contribution in [1.29, 1.82) is 0 Å². The highest BCUT2D eigenvalue weighted by atomic mass is 32.2. The Kier molecular flexibility index (Phi) is 5.13. The van der Waals surface area contributed by atoms with Gasteiger partial charge in [-0.15, -0.1) is 0 Å². The molecular formula is C18H24N2O4S. The minimum Gasteiger partial charge on any atom is -0.336 e. The van der Waals surface area contributed by atoms with Crippen molar-refractivity contribution < 1.29 is 18.0 Å². The van der Waals surface area contributed by atoms with E-state index >= 15 is 0 Å². The number of hydrogen-bond donors (Lipinski definition) is 1. The van der Waals surface area contributed by atoms with E-state index in [4.69, 9.17) is 0 Å². The first-order valence-corrected chi connectivity index (χ1v) is 10.4. The van der Waals surface area contributed by atoms with Gasteiger partial charge in [0.15, 0.2) is 9.84 Å². The lowest BCUT2D eigenvalue weighted by molar-refractivity contribution is -0.114. The van der Waals surface area contributed by atoms with Crippen LogP contribution in [0.2, 0.25) is 0 Å². The van der Waals surface area contributed by atoms with Crippen LogP contribution in [0.3, 0.4) is 0 Å². The molecular weight excluding hydrogens is 340 g/mol. The lowest BCUT2D eigenvalue weighted by atomic mass is 10.0. The van der Waals surface area contributed by atoms with Gasteiger partial charge in [0.1, 0.15) is 0 Å². The zero-order valence-corrected chi connectivity index (χ0v) is 15.2. The third-order valence-electron chi connectivity index (χ3n) is 5.07. The van der Waals surface area contributed by atoms with Crippen molar-refractivity contribution in [2.75, 3.05) is 18.4 Å². The van der Waals surface area contributed by atoms with Crippen molar-refractivity contribution in [3.8, 4) is 0 Å². The second-order valence-corrected chi connectivity index (χ2v) is 9.45. The molecule has 1 saturated heterocycles. The standard InChI is InChI=1S/C18H24N2O4S/c1-13(21)19-15-9-7-14(8-10-15)18(22)20-11-17(12-20)25(23,24)16-5-3-2-4-6-16/h7-10,16-17H,2-6,11-12H2,1H3,(H,19,21). The summed E-state index contributed by atoms with van der Waals surface area (Å²) in [6, 6.07) is 6.64. The number of likely N-dealkylation sites (tertiary alicyclic amines) is 1. The van der Waals surface area contributed by atoms with E-state index in [-0.39, 0.29) is 30.2 Å². The Hall–Kier alpha value is -1.89. The number of anilines is 1. The van der Waals surface area contributed by atoms with Gasteiger partial charge in [0.05, 0.1) is 10.5 Å². The summed E-state index contributed by atoms with van der Waals surface area (Å²) < 4.78 is 25.3. The summed E-state index contributed by atoms with van der Waals surface area (Å²) >= 11 is 0. The quantitative estimate of drug-likeness (QED) is 0.888. The minimum atomic E-state index is -3.14. The fourth-order valence-corrected chi connectivity index (χ4v) is 5.87. The predicted molar refractivity (Wildman–Crippen MR) is 96.2 cm³/mol. The van der Waals surface area contributed by atoms with Gasteiger partial charge in [-0.2, -0.15) is 0 Å². The number of carbonyl (C=O) groups is 2. The minimum absolute atomic E-state index is 0.163. The lowest BCUT2D eigenvalue weighted by Crippen LogP contribution is -2.58. The zero-order valence-electron chi connectivity index (χ0n) is 14.4. The van der Waals surface area contributed by atoms with Crippen molar-refractivity contribution in [2.24, 2.45) is 0 Å². The topological polar surface area (TPSA) is 83.6 Å². The van der Waals surface area contributed by atoms with E-state index < -0.39 is 15.1 Å². The van der Waals surface area contributed by atoms with Crippen molar-refractivity contribution in [3.63, 3.8) is 0 Å². The van der Waals surface area contributed by atoms with Crippen molar-refractivity contribution in [3.05, 3.63) is 29.8 Å². The summed E-state index contributed by atoms with van der Waals surface area (Å²) in [5, 5.41) is 2.01. The zero-order chi connectivity index (χ0) is 18.0. The Bertz CT molecular complexity index is 746. The monoisotopic (exact) mass is 364 g/mol. The largest absolute Gasteiger partial charge is 0.336 e. The van der Waals surface area contributed by atoms with Gasteiger partial charge in [-0.1, -0.05) is 19.3 Å². The highest BCUT2D eigenvalue weighted by Crippen LogP contribution is 2.30. The lowest BCUT2D eigenvalue weighted by Gasteiger charge is -2.40. The van der Waals surface area contributed by atoms with Crippen molar-refractivity contribution in [1.82, 2.24) is 4.90 Å². The van der Waals surface area contributed by atoms with Crippen molar-refractivity contribution >= 4 is 27.3 Å². The van der Waals surface area contributed by atoms with Crippen LogP contribution in [0.25, 0.3) is 0 Å². The molecule has 0 radical (unpaired) electrons. The molecule has 3 rings (SSSR count). The molecule has 2 aliphatic rings. The molecule has 1 saturated carbocycles. The molecule has 2 fully saturated rings. The molecule has 6 nitrogen and oxygen atoms in total. The number of hydrogen-bond acceptors (Lipinski definition) is 4. The molecule has 0 aromatic heterocycles. The molecule has 1 aliphatic carbocycles. The van der Waals surface area contributed by atoms with Gasteiger partial charge in [-0.05, 0) is 37.1 Å². The molecule has 0 spiro atoms. The van der Waals surface area contributed by atoms with Crippen LogP contribution in [-0.4, -0.2) is 48.7 Å². The maximum Gasteiger partial charge on any atom is 0.253 e. The van der Waals surface area contributed by atoms with E-state index in [2.05, 4.69) is 5.32 Å². The van der Waals surface area contributed by atoms with Gasteiger partial charge in [-0.25, -0.2) is 8.42 Å². The van der Waals surface area contributed by atoms with Crippen LogP contribution in [0.5, 0.6) is 0 Å². The van der Waals surface area contributed by atoms with Crippen LogP contribution in [0.4, 0.5) is 5.69 Å². The summed E-state index contributed by atoms with van der Waals surface area (Å²) in [4.78, 5) is 25.0. The van der Waals surface area contributed by atoms with E-state index in [1.54, 1.807) is 29.2 Å². The maximum atomic E-state index is 12.6. The van der Waals surface area contributed by atoms with E-state index in [1.165, 1.54) is 6.92 Å². The Morgan fingerprint density at radius 3 is 2.16 bits per heavy atom. The van der Waals surface area contributed by atoms with Crippen LogP contribution >= 0.6 is 0 Å². The summed E-state index contributed by atoms with van der Waals surface area (Å²) in [6.45, 7) is 1.99. The van der Waals surface area contributed by atoms with Gasteiger partial charge >= 0.3 is 0 Å². The number of sulfone groups is 1. The maximum absolute atomic E-state index is 12.6. The highest BCUT2D eigenvalue weighted by molar-refractivity contribution is 7.92. The molecule has 0 atom stereocenters. The number of carbonyl (C=O) groups excluding carboxylic acids is 2. The van der Waals surface area contributed by atoms with Crippen molar-refractivity contribution in [2.45, 2.75) is 49.5 Å². The van der Waals surface area contributed by atoms with Gasteiger partial charge in [0.25, 0.3) is 5.91 Å². The molecule has 2 amide bonds. The average Bonchev–Trinajstić information content (AvgIpc) is 2.54. The molecule has 1 N–H and O–H groups in total. The second kappa shape index (κ2) is 7.15. The van der Waals surface area contributed by atoms with E-state index in [0.29, 0.717) is 11.3 Å². The molecule has 25 heavy (non-hydrogen) atoms. The molecule has 1 aliphatic heterocycles. The highest BCUT2D eigenvalue weighted by Gasteiger charge is 2.43. The van der Waals surface area contributed by atoms with Crippen LogP contribution < -0.4 is 5.32 Å². The summed E-state index contributed by atoms with van der Waals surface area (Å²) in [6.07, 6.45) is 4.62. The van der Waals surface area contributed by atoms with E-state index in [1.807, 2.05) is 0 Å². The number of rotatable bonds is 4. The third kappa shape index (κ3) is 3.86. The molecule has 7 heteroatoms. The first-order chi connectivity index (χ1) is 11.9. The number of benzene rings is 1. The molecule has 0 bridgehead atoms. The van der Waals surface area contributed by atoms with Crippen LogP contribution in [-0.2, 0) is 14.6 Å². The molecule has 0 unspecified atom stereocenters. The smallest absolute Gasteiger partial charge is 0.253 e. The fourth-order valence-electron chi connectivity index (χ4n) is 3.56. The van der Waals surface area contributed by atoms with Crippen LogP contribution in [0.15, 0.2) is 24.3 Å². The SMILES string of the molecule is CC(=O)Nc1ccc(C(=O)N2CC(S(=O)(=O)C3CCCCC3)C2)cc1. The Morgan fingerprint density at radius 1 is 1.00 bits per heavy atom. The van der Waals surface area contributed by atoms with Gasteiger partial charge in [-0.3, -0.25) is 9.59 Å². The number of nitrogens with one attached hydrogen (secondary N) is 1. The Labute approximate surface area is 148 Å². The number of nitrogens with zero attached hydrogens (tertiary/aromatic N) is 1. The Balaban J connectivity index is 1.58. The van der Waals surface area contributed by atoms with E-state index in [0.717, 1.165) is 32.1 Å². The van der Waals surface area contributed by atoms with Gasteiger partial charge in [0.2, 0.25) is 5.91 Å². The van der Waals surface area contributed by atoms with Crippen LogP contribution in [0.1, 0.15) is 49.4 Å². The molecule has 1 aromatic rings. The summed E-state index contributed by atoms with van der Waals surface area (Å²) in [5.74, 6) is -0.331. The fraction of sp³-hybridized carbons (Fsp3) is 0.556. The summed E-state index contributed by atoms with van der Waals surface area (Å²) in [5.41, 5.74) is 1.13. The summed E-state index contributed by atoms with van der Waals surface area (Å²) in [7, 11) is -3.14. The predicted octanol–water partition coefficient (Wildman–Crippen LogP) is 2.22. The number of amides is 2. The third-order valence-corrected chi connectivity index (χ3v) is 7.70.